The maximum absolute atomic E-state index is 3.68. The Morgan fingerprint density at radius 3 is 1.75 bits per heavy atom. The summed E-state index contributed by atoms with van der Waals surface area (Å²) < 4.78 is 0. The van der Waals surface area contributed by atoms with Crippen LogP contribution in [0.1, 0.15) is 22.8 Å². The zero-order valence-corrected chi connectivity index (χ0v) is 17.2. The van der Waals surface area contributed by atoms with Gasteiger partial charge in [-0.25, -0.2) is 0 Å². The van der Waals surface area contributed by atoms with Gasteiger partial charge in [0.1, 0.15) is 0 Å². The highest BCUT2D eigenvalue weighted by Gasteiger charge is 2.07. The van der Waals surface area contributed by atoms with Crippen molar-refractivity contribution in [2.24, 2.45) is 0 Å². The molecule has 0 saturated heterocycles. The van der Waals surface area contributed by atoms with E-state index in [1.54, 1.807) is 0 Å². The molecule has 1 aliphatic rings. The molecule has 0 saturated carbocycles. The van der Waals surface area contributed by atoms with Crippen molar-refractivity contribution in [3.05, 3.63) is 117 Å². The second-order valence-electron chi connectivity index (χ2n) is 8.35. The third-order valence-electron chi connectivity index (χ3n) is 6.17. The fourth-order valence-corrected chi connectivity index (χ4v) is 4.72. The zero-order valence-electron chi connectivity index (χ0n) is 17.2. The molecule has 0 radical (unpaired) electrons. The number of hydrogen-bond donors (Lipinski definition) is 4. The molecular weight excluding hydrogens is 392 g/mol. The van der Waals surface area contributed by atoms with E-state index < -0.39 is 0 Å². The first-order valence-corrected chi connectivity index (χ1v) is 10.8. The Hall–Kier alpha value is -4.44. The van der Waals surface area contributed by atoms with Gasteiger partial charge in [0.15, 0.2) is 0 Å². The van der Waals surface area contributed by atoms with Crippen molar-refractivity contribution in [1.29, 1.82) is 0 Å². The van der Waals surface area contributed by atoms with Crippen molar-refractivity contribution in [2.45, 2.75) is 0 Å². The molecule has 0 aliphatic carbocycles. The molecule has 5 heterocycles. The van der Waals surface area contributed by atoms with Gasteiger partial charge >= 0.3 is 0 Å². The molecule has 4 heteroatoms. The minimum Gasteiger partial charge on any atom is -0.355 e. The highest BCUT2D eigenvalue weighted by molar-refractivity contribution is 6.08. The normalized spacial score (nSPS) is 12.8. The van der Waals surface area contributed by atoms with E-state index >= 15 is 0 Å². The van der Waals surface area contributed by atoms with E-state index in [-0.39, 0.29) is 0 Å². The third-order valence-corrected chi connectivity index (χ3v) is 6.17. The second-order valence-corrected chi connectivity index (χ2v) is 8.35. The fourth-order valence-electron chi connectivity index (χ4n) is 4.72. The van der Waals surface area contributed by atoms with Crippen LogP contribution in [0, 0.1) is 0 Å². The summed E-state index contributed by atoms with van der Waals surface area (Å²) in [5.41, 5.74) is 4.25. The van der Waals surface area contributed by atoms with Gasteiger partial charge in [0.25, 0.3) is 0 Å². The van der Waals surface area contributed by atoms with Crippen LogP contribution in [0.15, 0.2) is 72.8 Å². The summed E-state index contributed by atoms with van der Waals surface area (Å²) in [7, 11) is 0. The van der Waals surface area contributed by atoms with Crippen LogP contribution < -0.4 is 21.4 Å². The highest BCUT2D eigenvalue weighted by Crippen LogP contribution is 2.21. The van der Waals surface area contributed by atoms with E-state index in [0.717, 1.165) is 44.2 Å². The van der Waals surface area contributed by atoms with Gasteiger partial charge in [-0.2, -0.15) is 0 Å². The molecule has 6 aromatic rings. The van der Waals surface area contributed by atoms with E-state index in [0.29, 0.717) is 0 Å². The Morgan fingerprint density at radius 2 is 1.03 bits per heavy atom. The van der Waals surface area contributed by atoms with Gasteiger partial charge in [-0.1, -0.05) is 36.4 Å². The van der Waals surface area contributed by atoms with Gasteiger partial charge in [0.2, 0.25) is 0 Å². The predicted octanol–water partition coefficient (Wildman–Crippen LogP) is 2.93. The Balaban J connectivity index is 1.62. The van der Waals surface area contributed by atoms with E-state index in [2.05, 4.69) is 117 Å². The summed E-state index contributed by atoms with van der Waals surface area (Å²) in [5.74, 6) is 0. The topological polar surface area (TPSA) is 63.2 Å². The Bertz CT molecular complexity index is 1890. The molecule has 4 nitrogen and oxygen atoms in total. The molecule has 7 rings (SSSR count). The summed E-state index contributed by atoms with van der Waals surface area (Å²) in [4.78, 5) is 14.2. The smallest absolute Gasteiger partial charge is 0.0492 e. The SMILES string of the molecule is C1=c2ccc([nH]2)=Cc2ccc([nH]2)C=c2[nH]c(c3ccc4ccccc4c23)=Cc2ccc1[nH]2. The lowest BCUT2D eigenvalue weighted by molar-refractivity contribution is 1.23. The van der Waals surface area contributed by atoms with Gasteiger partial charge in [0, 0.05) is 54.9 Å². The molecule has 152 valence electrons. The van der Waals surface area contributed by atoms with Crippen LogP contribution in [-0.2, 0) is 0 Å². The van der Waals surface area contributed by atoms with Crippen molar-refractivity contribution in [3.8, 4) is 0 Å². The van der Waals surface area contributed by atoms with Gasteiger partial charge in [-0.3, -0.25) is 0 Å². The zero-order chi connectivity index (χ0) is 21.1. The van der Waals surface area contributed by atoms with Crippen molar-refractivity contribution in [2.75, 3.05) is 0 Å². The number of nitrogens with one attached hydrogen (secondary N) is 4. The molecule has 0 unspecified atom stereocenters. The number of aromatic amines is 4. The number of H-pyrrole nitrogens is 4. The second kappa shape index (κ2) is 6.53. The molecule has 32 heavy (non-hydrogen) atoms. The first-order valence-electron chi connectivity index (χ1n) is 10.8. The van der Waals surface area contributed by atoms with E-state index in [1.165, 1.54) is 21.5 Å². The molecule has 8 bridgehead atoms. The molecule has 0 atom stereocenters. The van der Waals surface area contributed by atoms with Crippen LogP contribution in [-0.4, -0.2) is 19.9 Å². The Kier molecular flexibility index (Phi) is 3.52. The van der Waals surface area contributed by atoms with Crippen molar-refractivity contribution in [1.82, 2.24) is 19.9 Å². The van der Waals surface area contributed by atoms with E-state index in [9.17, 15) is 0 Å². The van der Waals surface area contributed by atoms with Crippen molar-refractivity contribution < 1.29 is 0 Å². The summed E-state index contributed by atoms with van der Waals surface area (Å²) in [5, 5.41) is 9.27. The Morgan fingerprint density at radius 1 is 0.406 bits per heavy atom. The minimum atomic E-state index is 1.06. The van der Waals surface area contributed by atoms with Crippen LogP contribution in [0.3, 0.4) is 0 Å². The molecule has 4 aromatic heterocycles. The van der Waals surface area contributed by atoms with Gasteiger partial charge in [0.05, 0.1) is 0 Å². The highest BCUT2D eigenvalue weighted by atomic mass is 14.8. The number of hydrogen-bond acceptors (Lipinski definition) is 0. The number of aromatic nitrogens is 4. The first-order chi connectivity index (χ1) is 15.8. The average Bonchev–Trinajstić information content (AvgIpc) is 3.59. The lowest BCUT2D eigenvalue weighted by atomic mass is 10.0. The third kappa shape index (κ3) is 2.77. The van der Waals surface area contributed by atoms with E-state index in [4.69, 9.17) is 0 Å². The van der Waals surface area contributed by atoms with Crippen LogP contribution in [0.4, 0.5) is 0 Å². The summed E-state index contributed by atoms with van der Waals surface area (Å²) in [6.07, 6.45) is 8.64. The molecule has 1 aliphatic heterocycles. The average molecular weight is 412 g/mol. The number of fused-ring (bicyclic) bond motifs is 13. The van der Waals surface area contributed by atoms with Crippen molar-refractivity contribution in [3.63, 3.8) is 0 Å². The van der Waals surface area contributed by atoms with E-state index in [1.807, 2.05) is 0 Å². The number of rotatable bonds is 0. The largest absolute Gasteiger partial charge is 0.355 e. The lowest BCUT2D eigenvalue weighted by Gasteiger charge is -1.99. The predicted molar refractivity (Wildman–Crippen MR) is 131 cm³/mol. The first kappa shape index (κ1) is 17.3. The molecule has 0 spiro atoms. The van der Waals surface area contributed by atoms with Crippen LogP contribution in [0.2, 0.25) is 0 Å². The summed E-state index contributed by atoms with van der Waals surface area (Å²) in [6, 6.07) is 25.6. The monoisotopic (exact) mass is 412 g/mol. The van der Waals surface area contributed by atoms with Gasteiger partial charge in [-0.15, -0.1) is 0 Å². The maximum Gasteiger partial charge on any atom is 0.0492 e. The minimum absolute atomic E-state index is 1.06. The van der Waals surface area contributed by atoms with Gasteiger partial charge < -0.3 is 19.9 Å². The molecule has 0 fully saturated rings. The Labute approximate surface area is 182 Å². The summed E-state index contributed by atoms with van der Waals surface area (Å²) >= 11 is 0. The van der Waals surface area contributed by atoms with Crippen LogP contribution >= 0.6 is 0 Å². The fraction of sp³-hybridized carbons (Fsp3) is 0. The molecule has 2 aromatic carbocycles. The van der Waals surface area contributed by atoms with Crippen molar-refractivity contribution >= 4 is 45.8 Å². The van der Waals surface area contributed by atoms with Crippen LogP contribution in [0.5, 0.6) is 0 Å². The molecule has 0 amide bonds. The quantitative estimate of drug-likeness (QED) is 0.296. The lowest BCUT2D eigenvalue weighted by Crippen LogP contribution is -2.11. The molecular formula is C28H20N4. The van der Waals surface area contributed by atoms with Crippen LogP contribution in [0.25, 0.3) is 45.8 Å². The molecule has 4 N–H and O–H groups in total. The number of benzene rings is 2. The standard InChI is InChI=1S/C28H20N4/c1-2-4-24-17(3-1)5-12-25-26-15-22-10-8-20(30-22)13-18-6-7-19(29-18)14-21-9-11-23(31-21)16-27(32-26)28(24)25/h1-16,29-32H. The van der Waals surface area contributed by atoms with Gasteiger partial charge in [-0.05, 0) is 71.5 Å². The maximum atomic E-state index is 3.68. The summed E-state index contributed by atoms with van der Waals surface area (Å²) in [6.45, 7) is 0.